The van der Waals surface area contributed by atoms with Crippen LogP contribution in [0.15, 0.2) is 30.3 Å². The minimum absolute atomic E-state index is 0.173. The third-order valence-electron chi connectivity index (χ3n) is 3.60. The summed E-state index contributed by atoms with van der Waals surface area (Å²) in [6, 6.07) is 11.9. The molecule has 0 fully saturated rings. The van der Waals surface area contributed by atoms with Crippen molar-refractivity contribution in [1.82, 2.24) is 0 Å². The second kappa shape index (κ2) is 9.22. The SMILES string of the molecule is CCCCc1cc([Te]c2ccc(C)cc2)c(CCCC)[se]1. The van der Waals surface area contributed by atoms with Gasteiger partial charge in [0, 0.05) is 0 Å². The van der Waals surface area contributed by atoms with Crippen LogP contribution < -0.4 is 7.22 Å². The van der Waals surface area contributed by atoms with Gasteiger partial charge in [0.1, 0.15) is 0 Å². The van der Waals surface area contributed by atoms with Crippen LogP contribution in [-0.2, 0) is 12.8 Å². The summed E-state index contributed by atoms with van der Waals surface area (Å²) in [6.07, 6.45) is 8.08. The fourth-order valence-corrected chi connectivity index (χ4v) is 9.09. The Balaban J connectivity index is 2.14. The zero-order chi connectivity index (χ0) is 15.1. The van der Waals surface area contributed by atoms with Gasteiger partial charge in [-0.05, 0) is 0 Å². The van der Waals surface area contributed by atoms with Gasteiger partial charge in [-0.15, -0.1) is 0 Å². The molecule has 0 bridgehead atoms. The van der Waals surface area contributed by atoms with Gasteiger partial charge in [0.05, 0.1) is 0 Å². The van der Waals surface area contributed by atoms with Gasteiger partial charge in [-0.3, -0.25) is 0 Å². The van der Waals surface area contributed by atoms with Gasteiger partial charge < -0.3 is 0 Å². The van der Waals surface area contributed by atoms with Gasteiger partial charge in [0.15, 0.2) is 0 Å². The first-order valence-corrected chi connectivity index (χ1v) is 12.1. The predicted octanol–water partition coefficient (Wildman–Crippen LogP) is 3.39. The van der Waals surface area contributed by atoms with E-state index in [0.717, 1.165) is 0 Å². The molecule has 0 N–H and O–H groups in total. The average Bonchev–Trinajstić information content (AvgIpc) is 2.87. The van der Waals surface area contributed by atoms with Crippen molar-refractivity contribution >= 4 is 42.6 Å². The Hall–Kier alpha value is 0.00909. The Morgan fingerprint density at radius 3 is 2.29 bits per heavy atom. The van der Waals surface area contributed by atoms with Crippen molar-refractivity contribution in [3.05, 3.63) is 44.8 Å². The summed E-state index contributed by atoms with van der Waals surface area (Å²) in [5.41, 5.74) is 1.38. The average molecular weight is 461 g/mol. The molecule has 2 heteroatoms. The normalized spacial score (nSPS) is 11.0. The van der Waals surface area contributed by atoms with Gasteiger partial charge in [-0.2, -0.15) is 0 Å². The van der Waals surface area contributed by atoms with E-state index in [4.69, 9.17) is 0 Å². The molecule has 0 spiro atoms. The summed E-state index contributed by atoms with van der Waals surface area (Å²) in [5.74, 6) is 0. The Bertz CT molecular complexity index is 539. The quantitative estimate of drug-likeness (QED) is 0.530. The van der Waals surface area contributed by atoms with Gasteiger partial charge in [0.25, 0.3) is 0 Å². The fourth-order valence-electron chi connectivity index (χ4n) is 2.27. The Labute approximate surface area is 146 Å². The van der Waals surface area contributed by atoms with Crippen LogP contribution in [0.3, 0.4) is 0 Å². The summed E-state index contributed by atoms with van der Waals surface area (Å²) in [5, 5.41) is 0. The van der Waals surface area contributed by atoms with E-state index in [2.05, 4.69) is 51.1 Å². The fraction of sp³-hybridized carbons (Fsp3) is 0.474. The number of rotatable bonds is 8. The zero-order valence-corrected chi connectivity index (χ0v) is 17.5. The molecule has 0 aliphatic heterocycles. The monoisotopic (exact) mass is 464 g/mol. The molecule has 1 heterocycles. The summed E-state index contributed by atoms with van der Waals surface area (Å²) >= 11 is 0.503. The Morgan fingerprint density at radius 1 is 0.952 bits per heavy atom. The Morgan fingerprint density at radius 2 is 1.62 bits per heavy atom. The van der Waals surface area contributed by atoms with Crippen LogP contribution in [0, 0.1) is 6.92 Å². The molecule has 0 nitrogen and oxygen atoms in total. The van der Waals surface area contributed by atoms with Crippen molar-refractivity contribution in [2.45, 2.75) is 59.3 Å². The maximum atomic E-state index is 2.60. The summed E-state index contributed by atoms with van der Waals surface area (Å²) in [7, 11) is 0. The van der Waals surface area contributed by atoms with Gasteiger partial charge >= 0.3 is 147 Å². The Kier molecular flexibility index (Phi) is 7.62. The second-order valence-electron chi connectivity index (χ2n) is 5.62. The van der Waals surface area contributed by atoms with Crippen molar-refractivity contribution < 1.29 is 0 Å². The molecule has 2 aromatic rings. The molecular weight excluding hydrogens is 435 g/mol. The van der Waals surface area contributed by atoms with E-state index in [1.165, 1.54) is 44.1 Å². The molecule has 114 valence electrons. The topological polar surface area (TPSA) is 0 Å². The first-order valence-electron chi connectivity index (χ1n) is 8.09. The summed E-state index contributed by atoms with van der Waals surface area (Å²) < 4.78 is 6.96. The molecule has 0 atom stereocenters. The molecule has 0 aliphatic rings. The van der Waals surface area contributed by atoms with Crippen molar-refractivity contribution in [3.8, 4) is 0 Å². The molecule has 1 aromatic carbocycles. The third kappa shape index (κ3) is 5.61. The van der Waals surface area contributed by atoms with Crippen LogP contribution in [0.1, 0.15) is 54.0 Å². The van der Waals surface area contributed by atoms with Crippen LogP contribution in [0.2, 0.25) is 0 Å². The number of hydrogen-bond donors (Lipinski definition) is 0. The number of aryl methyl sites for hydroxylation is 3. The van der Waals surface area contributed by atoms with Crippen LogP contribution in [0.5, 0.6) is 0 Å². The molecule has 0 amide bonds. The standard InChI is InChI=1S/C19H26SeTe/c1-4-6-8-16-14-19(18(20-16)9-7-5-2)21-17-12-10-15(3)11-13-17/h10-14H,4-9H2,1-3H3. The van der Waals surface area contributed by atoms with Crippen LogP contribution in [0.25, 0.3) is 0 Å². The van der Waals surface area contributed by atoms with Gasteiger partial charge in [-0.1, -0.05) is 0 Å². The number of benzene rings is 1. The number of hydrogen-bond acceptors (Lipinski definition) is 0. The van der Waals surface area contributed by atoms with Crippen LogP contribution >= 0.6 is 0 Å². The molecule has 0 unspecified atom stereocenters. The number of unbranched alkanes of at least 4 members (excludes halogenated alkanes) is 2. The maximum absolute atomic E-state index is 2.60. The van der Waals surface area contributed by atoms with E-state index in [1.807, 2.05) is 4.44 Å². The summed E-state index contributed by atoms with van der Waals surface area (Å²) in [4.78, 5) is 0. The van der Waals surface area contributed by atoms with Crippen LogP contribution in [-0.4, -0.2) is 35.4 Å². The molecule has 1 aromatic heterocycles. The molecule has 0 aliphatic carbocycles. The first kappa shape index (κ1) is 17.4. The van der Waals surface area contributed by atoms with Crippen molar-refractivity contribution in [3.63, 3.8) is 0 Å². The van der Waals surface area contributed by atoms with E-state index in [0.29, 0.717) is 14.5 Å². The second-order valence-corrected chi connectivity index (χ2v) is 11.4. The molecule has 0 radical (unpaired) electrons. The molecule has 0 saturated heterocycles. The predicted molar refractivity (Wildman–Crippen MR) is 96.8 cm³/mol. The molecule has 2 rings (SSSR count). The van der Waals surface area contributed by atoms with E-state index in [-0.39, 0.29) is 20.9 Å². The van der Waals surface area contributed by atoms with E-state index >= 15 is 0 Å². The van der Waals surface area contributed by atoms with Crippen LogP contribution in [0.4, 0.5) is 0 Å². The summed E-state index contributed by atoms with van der Waals surface area (Å²) in [6.45, 7) is 6.79. The van der Waals surface area contributed by atoms with E-state index < -0.39 is 0 Å². The van der Waals surface area contributed by atoms with E-state index in [1.54, 1.807) is 11.7 Å². The van der Waals surface area contributed by atoms with Crippen molar-refractivity contribution in [2.24, 2.45) is 0 Å². The van der Waals surface area contributed by atoms with Gasteiger partial charge in [-0.25, -0.2) is 0 Å². The molecular formula is C19H26SeTe. The van der Waals surface area contributed by atoms with Gasteiger partial charge in [0.2, 0.25) is 0 Å². The third-order valence-corrected chi connectivity index (χ3v) is 10.3. The zero-order valence-electron chi connectivity index (χ0n) is 13.4. The molecule has 0 saturated carbocycles. The van der Waals surface area contributed by atoms with Crippen molar-refractivity contribution in [1.29, 1.82) is 0 Å². The van der Waals surface area contributed by atoms with Crippen molar-refractivity contribution in [2.75, 3.05) is 0 Å². The first-order chi connectivity index (χ1) is 10.2. The van der Waals surface area contributed by atoms with E-state index in [9.17, 15) is 0 Å². The molecule has 21 heavy (non-hydrogen) atoms. The minimum atomic E-state index is -0.173.